The number of hydrogen-bond acceptors (Lipinski definition) is 3. The summed E-state index contributed by atoms with van der Waals surface area (Å²) in [6, 6.07) is -0.917. The van der Waals surface area contributed by atoms with Crippen molar-refractivity contribution in [3.63, 3.8) is 0 Å². The molecule has 3 atom stereocenters. The van der Waals surface area contributed by atoms with Gasteiger partial charge in [0.15, 0.2) is 0 Å². The zero-order valence-corrected chi connectivity index (χ0v) is 12.4. The highest BCUT2D eigenvalue weighted by molar-refractivity contribution is 5.88. The number of nitrogens with zero attached hydrogens (tertiary/aromatic N) is 1. The van der Waals surface area contributed by atoms with Gasteiger partial charge in [-0.25, -0.2) is 0 Å². The second kappa shape index (κ2) is 7.26. The van der Waals surface area contributed by atoms with Gasteiger partial charge in [0.2, 0.25) is 11.8 Å². The summed E-state index contributed by atoms with van der Waals surface area (Å²) >= 11 is 0. The van der Waals surface area contributed by atoms with Gasteiger partial charge in [0, 0.05) is 19.0 Å². The number of piperidine rings is 1. The van der Waals surface area contributed by atoms with Crippen molar-refractivity contribution in [1.82, 2.24) is 10.2 Å². The van der Waals surface area contributed by atoms with E-state index in [0.29, 0.717) is 19.4 Å². The van der Waals surface area contributed by atoms with Gasteiger partial charge in [-0.3, -0.25) is 14.4 Å². The highest BCUT2D eigenvalue weighted by Crippen LogP contribution is 2.18. The smallest absolute Gasteiger partial charge is 0.308 e. The van der Waals surface area contributed by atoms with E-state index in [1.807, 2.05) is 0 Å². The van der Waals surface area contributed by atoms with Gasteiger partial charge in [-0.15, -0.1) is 0 Å². The van der Waals surface area contributed by atoms with Gasteiger partial charge >= 0.3 is 5.97 Å². The summed E-state index contributed by atoms with van der Waals surface area (Å²) in [5.74, 6) is -1.86. The molecule has 1 aliphatic heterocycles. The van der Waals surface area contributed by atoms with Gasteiger partial charge in [0.05, 0.1) is 5.92 Å². The van der Waals surface area contributed by atoms with Crippen LogP contribution >= 0.6 is 0 Å². The lowest BCUT2D eigenvalue weighted by Crippen LogP contribution is -2.54. The number of nitrogens with one attached hydrogen (secondary N) is 1. The Morgan fingerprint density at radius 3 is 2.50 bits per heavy atom. The molecule has 1 aliphatic rings. The first-order chi connectivity index (χ1) is 9.38. The zero-order valence-electron chi connectivity index (χ0n) is 12.4. The van der Waals surface area contributed by atoms with Gasteiger partial charge in [0.25, 0.3) is 0 Å². The maximum atomic E-state index is 12.3. The summed E-state index contributed by atoms with van der Waals surface area (Å²) in [5, 5.41) is 11.7. The fourth-order valence-electron chi connectivity index (χ4n) is 2.37. The van der Waals surface area contributed by atoms with Crippen LogP contribution in [0.15, 0.2) is 0 Å². The minimum absolute atomic E-state index is 0.0243. The summed E-state index contributed by atoms with van der Waals surface area (Å²) in [5.41, 5.74) is 0. The molecule has 0 aromatic heterocycles. The fourth-order valence-corrected chi connectivity index (χ4v) is 2.37. The van der Waals surface area contributed by atoms with Crippen molar-refractivity contribution in [3.05, 3.63) is 0 Å². The van der Waals surface area contributed by atoms with E-state index in [1.165, 1.54) is 0 Å². The number of hydrogen-bond donors (Lipinski definition) is 2. The SMILES string of the molecule is CCC(=O)N1CCCCC1C(=O)NC(C)C(C)C(=O)O. The third kappa shape index (κ3) is 3.95. The third-order valence-corrected chi connectivity index (χ3v) is 3.94. The molecular formula is C14H24N2O4. The molecule has 1 fully saturated rings. The molecule has 114 valence electrons. The first-order valence-corrected chi connectivity index (χ1v) is 7.21. The minimum Gasteiger partial charge on any atom is -0.481 e. The summed E-state index contributed by atoms with van der Waals surface area (Å²) in [7, 11) is 0. The number of amides is 2. The molecule has 20 heavy (non-hydrogen) atoms. The van der Waals surface area contributed by atoms with Crippen LogP contribution in [0.2, 0.25) is 0 Å². The number of aliphatic carboxylic acids is 1. The van der Waals surface area contributed by atoms with E-state index in [1.54, 1.807) is 25.7 Å². The highest BCUT2D eigenvalue weighted by atomic mass is 16.4. The number of likely N-dealkylation sites (tertiary alicyclic amines) is 1. The van der Waals surface area contributed by atoms with E-state index < -0.39 is 24.0 Å². The van der Waals surface area contributed by atoms with Crippen LogP contribution in [-0.2, 0) is 14.4 Å². The van der Waals surface area contributed by atoms with Crippen LogP contribution < -0.4 is 5.32 Å². The monoisotopic (exact) mass is 284 g/mol. The molecule has 6 heteroatoms. The largest absolute Gasteiger partial charge is 0.481 e. The normalized spacial score (nSPS) is 21.9. The number of carboxylic acids is 1. The number of carbonyl (C=O) groups is 3. The van der Waals surface area contributed by atoms with Gasteiger partial charge in [-0.1, -0.05) is 6.92 Å². The van der Waals surface area contributed by atoms with Crippen molar-refractivity contribution in [2.45, 2.75) is 58.5 Å². The van der Waals surface area contributed by atoms with E-state index in [9.17, 15) is 14.4 Å². The molecule has 0 bridgehead atoms. The molecule has 0 radical (unpaired) electrons. The van der Waals surface area contributed by atoms with Crippen molar-refractivity contribution in [2.24, 2.45) is 5.92 Å². The Hall–Kier alpha value is -1.59. The van der Waals surface area contributed by atoms with Gasteiger partial charge < -0.3 is 15.3 Å². The van der Waals surface area contributed by atoms with E-state index in [2.05, 4.69) is 5.32 Å². The van der Waals surface area contributed by atoms with Gasteiger partial charge in [-0.2, -0.15) is 0 Å². The summed E-state index contributed by atoms with van der Waals surface area (Å²) in [6.07, 6.45) is 2.85. The van der Waals surface area contributed by atoms with Crippen molar-refractivity contribution >= 4 is 17.8 Å². The van der Waals surface area contributed by atoms with Crippen LogP contribution in [0, 0.1) is 5.92 Å². The molecule has 0 spiro atoms. The Morgan fingerprint density at radius 1 is 1.30 bits per heavy atom. The van der Waals surface area contributed by atoms with Crippen LogP contribution in [0.5, 0.6) is 0 Å². The Morgan fingerprint density at radius 2 is 1.95 bits per heavy atom. The van der Waals surface area contributed by atoms with E-state index in [-0.39, 0.29) is 11.8 Å². The highest BCUT2D eigenvalue weighted by Gasteiger charge is 2.33. The molecule has 6 nitrogen and oxygen atoms in total. The lowest BCUT2D eigenvalue weighted by atomic mass is 9.99. The average molecular weight is 284 g/mol. The summed E-state index contributed by atoms with van der Waals surface area (Å²) < 4.78 is 0. The predicted molar refractivity (Wildman–Crippen MR) is 74.0 cm³/mol. The molecular weight excluding hydrogens is 260 g/mol. The lowest BCUT2D eigenvalue weighted by Gasteiger charge is -2.35. The Labute approximate surface area is 119 Å². The van der Waals surface area contributed by atoms with Crippen molar-refractivity contribution in [2.75, 3.05) is 6.54 Å². The number of carboxylic acid groups (broad SMARTS) is 1. The van der Waals surface area contributed by atoms with Crippen LogP contribution in [0.4, 0.5) is 0 Å². The second-order valence-electron chi connectivity index (χ2n) is 5.38. The van der Waals surface area contributed by atoms with Crippen LogP contribution in [0.3, 0.4) is 0 Å². The average Bonchev–Trinajstić information content (AvgIpc) is 2.45. The molecule has 0 aliphatic carbocycles. The van der Waals surface area contributed by atoms with Crippen molar-refractivity contribution in [3.8, 4) is 0 Å². The second-order valence-corrected chi connectivity index (χ2v) is 5.38. The molecule has 2 N–H and O–H groups in total. The quantitative estimate of drug-likeness (QED) is 0.788. The number of carbonyl (C=O) groups excluding carboxylic acids is 2. The van der Waals surface area contributed by atoms with E-state index >= 15 is 0 Å². The van der Waals surface area contributed by atoms with E-state index in [0.717, 1.165) is 12.8 Å². The van der Waals surface area contributed by atoms with Crippen LogP contribution in [0.1, 0.15) is 46.5 Å². The topological polar surface area (TPSA) is 86.7 Å². The molecule has 1 saturated heterocycles. The Balaban J connectivity index is 2.68. The lowest BCUT2D eigenvalue weighted by molar-refractivity contribution is -0.145. The van der Waals surface area contributed by atoms with Crippen LogP contribution in [0.25, 0.3) is 0 Å². The van der Waals surface area contributed by atoms with Gasteiger partial charge in [-0.05, 0) is 33.1 Å². The number of rotatable bonds is 5. The molecule has 3 unspecified atom stereocenters. The first-order valence-electron chi connectivity index (χ1n) is 7.21. The fraction of sp³-hybridized carbons (Fsp3) is 0.786. The van der Waals surface area contributed by atoms with Gasteiger partial charge in [0.1, 0.15) is 6.04 Å². The first kappa shape index (κ1) is 16.5. The minimum atomic E-state index is -0.942. The maximum Gasteiger partial charge on any atom is 0.308 e. The predicted octanol–water partition coefficient (Wildman–Crippen LogP) is 1.00. The zero-order chi connectivity index (χ0) is 15.3. The van der Waals surface area contributed by atoms with E-state index in [4.69, 9.17) is 5.11 Å². The third-order valence-electron chi connectivity index (χ3n) is 3.94. The summed E-state index contributed by atoms with van der Waals surface area (Å²) in [4.78, 5) is 36.7. The molecule has 2 amide bonds. The molecule has 0 saturated carbocycles. The maximum absolute atomic E-state index is 12.3. The van der Waals surface area contributed by atoms with Crippen molar-refractivity contribution < 1.29 is 19.5 Å². The molecule has 0 aromatic rings. The molecule has 1 rings (SSSR count). The summed E-state index contributed by atoms with van der Waals surface area (Å²) in [6.45, 7) is 5.61. The molecule has 0 aromatic carbocycles. The standard InChI is InChI=1S/C14H24N2O4/c1-4-12(17)16-8-6-5-7-11(16)13(18)15-10(3)9(2)14(19)20/h9-11H,4-8H2,1-3H3,(H,15,18)(H,19,20). The van der Waals surface area contributed by atoms with Crippen molar-refractivity contribution in [1.29, 1.82) is 0 Å². The van der Waals surface area contributed by atoms with Crippen LogP contribution in [-0.4, -0.2) is 46.4 Å². The molecule has 1 heterocycles. The Bertz CT molecular complexity index is 383. The Kier molecular flexibility index (Phi) is 5.98.